The van der Waals surface area contributed by atoms with E-state index in [9.17, 15) is 4.79 Å². The van der Waals surface area contributed by atoms with Crippen molar-refractivity contribution < 1.29 is 0 Å². The van der Waals surface area contributed by atoms with Crippen molar-refractivity contribution in [3.63, 3.8) is 0 Å². The summed E-state index contributed by atoms with van der Waals surface area (Å²) in [7, 11) is 0. The van der Waals surface area contributed by atoms with Gasteiger partial charge in [0.05, 0.1) is 0 Å². The lowest BCUT2D eigenvalue weighted by atomic mass is 9.87. The fourth-order valence-electron chi connectivity index (χ4n) is 2.44. The van der Waals surface area contributed by atoms with Crippen molar-refractivity contribution in [3.8, 4) is 0 Å². The zero-order chi connectivity index (χ0) is 13.2. The first-order valence-corrected chi connectivity index (χ1v) is 6.97. The maximum Gasteiger partial charge on any atom is 0.248 e. The summed E-state index contributed by atoms with van der Waals surface area (Å²) < 4.78 is 0. The van der Waals surface area contributed by atoms with Crippen LogP contribution in [0.4, 0.5) is 0 Å². The van der Waals surface area contributed by atoms with Gasteiger partial charge in [-0.1, -0.05) is 26.8 Å². The number of H-pyrrole nitrogens is 1. The number of hydrogen-bond acceptors (Lipinski definition) is 2. The monoisotopic (exact) mass is 248 g/mol. The predicted molar refractivity (Wildman–Crippen MR) is 74.8 cm³/mol. The van der Waals surface area contributed by atoms with E-state index < -0.39 is 0 Å². The average Bonchev–Trinajstić information content (AvgIpc) is 2.36. The molecule has 0 unspecified atom stereocenters. The molecule has 0 bridgehead atoms. The second kappa shape index (κ2) is 5.27. The summed E-state index contributed by atoms with van der Waals surface area (Å²) in [6.45, 7) is 7.83. The number of pyridine rings is 1. The summed E-state index contributed by atoms with van der Waals surface area (Å²) in [6, 6.07) is 4.03. The molecule has 2 rings (SSSR count). The average molecular weight is 248 g/mol. The molecule has 0 aliphatic heterocycles. The van der Waals surface area contributed by atoms with E-state index in [-0.39, 0.29) is 5.56 Å². The van der Waals surface area contributed by atoms with Crippen molar-refractivity contribution in [2.45, 2.75) is 52.5 Å². The van der Waals surface area contributed by atoms with E-state index in [1.807, 2.05) is 6.07 Å². The first-order valence-electron chi connectivity index (χ1n) is 6.97. The van der Waals surface area contributed by atoms with Gasteiger partial charge in [0.25, 0.3) is 0 Å². The highest BCUT2D eigenvalue weighted by Gasteiger charge is 2.23. The normalized spacial score (nSPS) is 19.6. The minimum Gasteiger partial charge on any atom is -0.326 e. The van der Waals surface area contributed by atoms with Gasteiger partial charge < -0.3 is 10.3 Å². The topological polar surface area (TPSA) is 44.9 Å². The van der Waals surface area contributed by atoms with Gasteiger partial charge in [0.1, 0.15) is 0 Å². The second-order valence-corrected chi connectivity index (χ2v) is 6.10. The smallest absolute Gasteiger partial charge is 0.248 e. The molecule has 1 aliphatic carbocycles. The Morgan fingerprint density at radius 1 is 1.44 bits per heavy atom. The summed E-state index contributed by atoms with van der Waals surface area (Å²) in [5.41, 5.74) is 2.76. The Balaban J connectivity index is 2.11. The van der Waals surface area contributed by atoms with Gasteiger partial charge in [0, 0.05) is 24.3 Å². The van der Waals surface area contributed by atoms with Gasteiger partial charge in [-0.25, -0.2) is 0 Å². The van der Waals surface area contributed by atoms with E-state index in [1.54, 1.807) is 6.07 Å². The molecule has 0 amide bonds. The van der Waals surface area contributed by atoms with Gasteiger partial charge in [-0.2, -0.15) is 0 Å². The molecule has 3 nitrogen and oxygen atoms in total. The van der Waals surface area contributed by atoms with Crippen LogP contribution in [-0.4, -0.2) is 11.5 Å². The van der Waals surface area contributed by atoms with Crippen LogP contribution >= 0.6 is 0 Å². The van der Waals surface area contributed by atoms with E-state index in [0.717, 1.165) is 25.1 Å². The van der Waals surface area contributed by atoms with Gasteiger partial charge in [-0.05, 0) is 36.7 Å². The maximum atomic E-state index is 11.3. The molecule has 100 valence electrons. The molecule has 18 heavy (non-hydrogen) atoms. The van der Waals surface area contributed by atoms with Gasteiger partial charge in [0.15, 0.2) is 0 Å². The fraction of sp³-hybridized carbons (Fsp3) is 0.667. The van der Waals surface area contributed by atoms with Crippen LogP contribution in [0.3, 0.4) is 0 Å². The van der Waals surface area contributed by atoms with E-state index in [1.165, 1.54) is 18.4 Å². The molecule has 0 saturated heterocycles. The molecule has 0 saturated carbocycles. The molecule has 0 fully saturated rings. The van der Waals surface area contributed by atoms with Crippen molar-refractivity contribution in [1.82, 2.24) is 10.3 Å². The van der Waals surface area contributed by atoms with Crippen molar-refractivity contribution in [3.05, 3.63) is 33.7 Å². The largest absolute Gasteiger partial charge is 0.326 e. The molecule has 0 spiro atoms. The molecule has 1 aromatic heterocycles. The van der Waals surface area contributed by atoms with Crippen LogP contribution < -0.4 is 10.9 Å². The third-order valence-electron chi connectivity index (χ3n) is 4.12. The van der Waals surface area contributed by atoms with E-state index in [4.69, 9.17) is 0 Å². The lowest BCUT2D eigenvalue weighted by molar-refractivity contribution is 0.299. The summed E-state index contributed by atoms with van der Waals surface area (Å²) in [5.74, 6) is 0. The highest BCUT2D eigenvalue weighted by atomic mass is 16.1. The van der Waals surface area contributed by atoms with Gasteiger partial charge in [0.2, 0.25) is 5.56 Å². The molecule has 1 atom stereocenters. The molecule has 2 N–H and O–H groups in total. The van der Waals surface area contributed by atoms with Crippen LogP contribution in [-0.2, 0) is 6.42 Å². The fourth-order valence-corrected chi connectivity index (χ4v) is 2.44. The third-order valence-corrected chi connectivity index (χ3v) is 4.12. The van der Waals surface area contributed by atoms with Crippen LogP contribution in [0.5, 0.6) is 0 Å². The van der Waals surface area contributed by atoms with Crippen LogP contribution in [0.1, 0.15) is 57.3 Å². The SMILES string of the molecule is CCC(C)(C)CN[C@H]1CCCc2[nH]c(=O)ccc21. The number of aromatic amines is 1. The number of rotatable bonds is 4. The first kappa shape index (κ1) is 13.3. The Bertz CT molecular complexity index is 462. The van der Waals surface area contributed by atoms with E-state index in [0.29, 0.717) is 11.5 Å². The second-order valence-electron chi connectivity index (χ2n) is 6.10. The van der Waals surface area contributed by atoms with Gasteiger partial charge in [-0.3, -0.25) is 4.79 Å². The minimum absolute atomic E-state index is 0.0169. The third kappa shape index (κ3) is 3.02. The Labute approximate surface area is 109 Å². The molecule has 1 heterocycles. The number of nitrogens with one attached hydrogen (secondary N) is 2. The van der Waals surface area contributed by atoms with E-state index >= 15 is 0 Å². The number of aryl methyl sites for hydroxylation is 1. The number of hydrogen-bond donors (Lipinski definition) is 2. The van der Waals surface area contributed by atoms with Crippen molar-refractivity contribution >= 4 is 0 Å². The van der Waals surface area contributed by atoms with Gasteiger partial charge >= 0.3 is 0 Å². The molecule has 1 aliphatic rings. The first-order chi connectivity index (χ1) is 8.52. The summed E-state index contributed by atoms with van der Waals surface area (Å²) in [6.07, 6.45) is 4.49. The van der Waals surface area contributed by atoms with Crippen molar-refractivity contribution in [1.29, 1.82) is 0 Å². The Morgan fingerprint density at radius 2 is 2.22 bits per heavy atom. The minimum atomic E-state index is 0.0169. The zero-order valence-corrected chi connectivity index (χ0v) is 11.7. The van der Waals surface area contributed by atoms with Crippen LogP contribution in [0, 0.1) is 5.41 Å². The summed E-state index contributed by atoms with van der Waals surface area (Å²) >= 11 is 0. The Morgan fingerprint density at radius 3 is 2.94 bits per heavy atom. The van der Waals surface area contributed by atoms with Crippen LogP contribution in [0.25, 0.3) is 0 Å². The molecule has 3 heteroatoms. The summed E-state index contributed by atoms with van der Waals surface area (Å²) in [4.78, 5) is 14.3. The Hall–Kier alpha value is -1.09. The standard InChI is InChI=1S/C15H24N2O/c1-4-15(2,3)10-16-12-6-5-7-13-11(12)8-9-14(18)17-13/h8-9,12,16H,4-7,10H2,1-3H3,(H,17,18)/t12-/m0/s1. The maximum absolute atomic E-state index is 11.3. The number of fused-ring (bicyclic) bond motifs is 1. The summed E-state index contributed by atoms with van der Waals surface area (Å²) in [5, 5.41) is 3.67. The molecular formula is C15H24N2O. The lowest BCUT2D eigenvalue weighted by Crippen LogP contribution is -2.34. The molecule has 1 aromatic rings. The molecular weight excluding hydrogens is 224 g/mol. The lowest BCUT2D eigenvalue weighted by Gasteiger charge is -2.30. The van der Waals surface area contributed by atoms with Crippen LogP contribution in [0.2, 0.25) is 0 Å². The van der Waals surface area contributed by atoms with Gasteiger partial charge in [-0.15, -0.1) is 0 Å². The highest BCUT2D eigenvalue weighted by molar-refractivity contribution is 5.26. The Kier molecular flexibility index (Phi) is 3.91. The quantitative estimate of drug-likeness (QED) is 0.860. The highest BCUT2D eigenvalue weighted by Crippen LogP contribution is 2.29. The molecule has 0 aromatic carbocycles. The van der Waals surface area contributed by atoms with Crippen molar-refractivity contribution in [2.75, 3.05) is 6.54 Å². The van der Waals surface area contributed by atoms with E-state index in [2.05, 4.69) is 31.1 Å². The number of aromatic nitrogens is 1. The predicted octanol–water partition coefficient (Wildman–Crippen LogP) is 2.78. The molecule has 0 radical (unpaired) electrons. The zero-order valence-electron chi connectivity index (χ0n) is 11.7. The van der Waals surface area contributed by atoms with Crippen molar-refractivity contribution in [2.24, 2.45) is 5.41 Å². The van der Waals surface area contributed by atoms with Crippen LogP contribution in [0.15, 0.2) is 16.9 Å².